The van der Waals surface area contributed by atoms with Crippen molar-refractivity contribution >= 4 is 79.3 Å². The van der Waals surface area contributed by atoms with E-state index in [0.717, 1.165) is 21.5 Å². The lowest BCUT2D eigenvalue weighted by atomic mass is 10.2. The molecule has 1 heterocycles. The van der Waals surface area contributed by atoms with Crippen molar-refractivity contribution in [3.63, 3.8) is 0 Å². The van der Waals surface area contributed by atoms with Gasteiger partial charge in [-0.3, -0.25) is 4.79 Å². The highest BCUT2D eigenvalue weighted by atomic mass is 35.5. The summed E-state index contributed by atoms with van der Waals surface area (Å²) in [6.45, 7) is 1.45. The number of methoxy groups -OCH3 is 1. The van der Waals surface area contributed by atoms with Crippen molar-refractivity contribution in [1.29, 1.82) is 0 Å². The van der Waals surface area contributed by atoms with Crippen LogP contribution in [0.1, 0.15) is 16.6 Å². The summed E-state index contributed by atoms with van der Waals surface area (Å²) >= 11 is 12.9. The van der Waals surface area contributed by atoms with Crippen molar-refractivity contribution in [1.82, 2.24) is 0 Å². The minimum absolute atomic E-state index is 0.146. The topological polar surface area (TPSA) is 79.5 Å². The van der Waals surface area contributed by atoms with Crippen LogP contribution in [0.5, 0.6) is 0 Å². The number of esters is 1. The van der Waals surface area contributed by atoms with Gasteiger partial charge in [-0.1, -0.05) is 17.7 Å². The molecule has 3 aromatic rings. The summed E-state index contributed by atoms with van der Waals surface area (Å²) in [4.78, 5) is 23.3. The largest absolute Gasteiger partial charge is 0.465 e. The molecule has 0 aliphatic heterocycles. The van der Waals surface area contributed by atoms with Gasteiger partial charge in [0.2, 0.25) is 5.91 Å². The number of hydrogen-bond acceptors (Lipinski definition) is 5. The number of carbonyl (C=O) groups excluding carboxylic acids is 2. The summed E-state index contributed by atoms with van der Waals surface area (Å²) in [5, 5.41) is 10.4. The number of hydrogen-bond donors (Lipinski definition) is 3. The Morgan fingerprint density at radius 3 is 2.32 bits per heavy atom. The van der Waals surface area contributed by atoms with Crippen molar-refractivity contribution in [3.8, 4) is 0 Å². The third kappa shape index (κ3) is 4.59. The van der Waals surface area contributed by atoms with E-state index in [9.17, 15) is 9.59 Å². The van der Waals surface area contributed by atoms with E-state index in [1.54, 1.807) is 12.1 Å². The van der Waals surface area contributed by atoms with Crippen LogP contribution in [-0.4, -0.2) is 24.1 Å². The molecule has 0 aliphatic rings. The standard InChI is InChI=1S/C19H16ClN3O3S2/c1-10(24)21-11-4-3-5-12(8-11)22-19(27)23-13-6-7-14-15(9-13)28-17(16(14)20)18(25)26-2/h3-9H,1-2H3,(H,21,24)(H2,22,23,27). The number of ether oxygens (including phenoxy) is 1. The number of rotatable bonds is 4. The molecule has 1 aromatic heterocycles. The molecule has 2 aromatic carbocycles. The average Bonchev–Trinajstić information content (AvgIpc) is 2.97. The Kier molecular flexibility index (Phi) is 6.13. The number of carbonyl (C=O) groups is 2. The van der Waals surface area contributed by atoms with Crippen LogP contribution >= 0.6 is 35.2 Å². The van der Waals surface area contributed by atoms with E-state index >= 15 is 0 Å². The SMILES string of the molecule is COC(=O)c1sc2cc(NC(=S)Nc3cccc(NC(C)=O)c3)ccc2c1Cl. The summed E-state index contributed by atoms with van der Waals surface area (Å²) < 4.78 is 5.59. The fourth-order valence-corrected chi connectivity index (χ4v) is 4.24. The van der Waals surface area contributed by atoms with Crippen LogP contribution in [0.2, 0.25) is 5.02 Å². The van der Waals surface area contributed by atoms with E-state index < -0.39 is 5.97 Å². The number of fused-ring (bicyclic) bond motifs is 1. The second-order valence-electron chi connectivity index (χ2n) is 5.79. The van der Waals surface area contributed by atoms with Gasteiger partial charge in [0, 0.05) is 34.1 Å². The first-order valence-electron chi connectivity index (χ1n) is 8.13. The second kappa shape index (κ2) is 8.55. The molecule has 9 heteroatoms. The maximum absolute atomic E-state index is 11.8. The lowest BCUT2D eigenvalue weighted by molar-refractivity contribution is -0.114. The van der Waals surface area contributed by atoms with Crippen LogP contribution in [0, 0.1) is 0 Å². The predicted molar refractivity (Wildman–Crippen MR) is 119 cm³/mol. The first-order valence-corrected chi connectivity index (χ1v) is 9.73. The lowest BCUT2D eigenvalue weighted by Gasteiger charge is -2.12. The summed E-state index contributed by atoms with van der Waals surface area (Å²) in [6, 6.07) is 12.7. The van der Waals surface area contributed by atoms with Crippen LogP contribution < -0.4 is 16.0 Å². The Balaban J connectivity index is 1.74. The molecule has 0 bridgehead atoms. The Labute approximate surface area is 175 Å². The first-order chi connectivity index (χ1) is 13.4. The molecule has 0 spiro atoms. The Morgan fingerprint density at radius 2 is 1.68 bits per heavy atom. The van der Waals surface area contributed by atoms with Crippen LogP contribution in [-0.2, 0) is 9.53 Å². The molecule has 0 radical (unpaired) electrons. The maximum atomic E-state index is 11.8. The van der Waals surface area contributed by atoms with Crippen molar-refractivity contribution in [2.24, 2.45) is 0 Å². The number of thiophene rings is 1. The van der Waals surface area contributed by atoms with Gasteiger partial charge in [-0.15, -0.1) is 11.3 Å². The van der Waals surface area contributed by atoms with Gasteiger partial charge in [-0.25, -0.2) is 4.79 Å². The number of amides is 1. The fraction of sp³-hybridized carbons (Fsp3) is 0.105. The van der Waals surface area contributed by atoms with Crippen molar-refractivity contribution in [3.05, 3.63) is 52.4 Å². The molecule has 0 aliphatic carbocycles. The predicted octanol–water partition coefficient (Wildman–Crippen LogP) is 5.11. The Morgan fingerprint density at radius 1 is 1.04 bits per heavy atom. The molecule has 0 fully saturated rings. The quantitative estimate of drug-likeness (QED) is 0.392. The molecule has 28 heavy (non-hydrogen) atoms. The molecular weight excluding hydrogens is 418 g/mol. The molecule has 0 saturated carbocycles. The van der Waals surface area contributed by atoms with E-state index in [1.165, 1.54) is 25.4 Å². The summed E-state index contributed by atoms with van der Waals surface area (Å²) in [6.07, 6.45) is 0. The minimum Gasteiger partial charge on any atom is -0.465 e. The monoisotopic (exact) mass is 433 g/mol. The zero-order valence-corrected chi connectivity index (χ0v) is 17.3. The van der Waals surface area contributed by atoms with Gasteiger partial charge in [0.05, 0.1) is 12.1 Å². The number of nitrogens with one attached hydrogen (secondary N) is 3. The third-order valence-electron chi connectivity index (χ3n) is 3.70. The van der Waals surface area contributed by atoms with E-state index in [-0.39, 0.29) is 5.91 Å². The van der Waals surface area contributed by atoms with E-state index in [4.69, 9.17) is 28.6 Å². The van der Waals surface area contributed by atoms with E-state index in [0.29, 0.717) is 20.7 Å². The summed E-state index contributed by atoms with van der Waals surface area (Å²) in [5.74, 6) is -0.607. The van der Waals surface area contributed by atoms with Crippen LogP contribution in [0.15, 0.2) is 42.5 Å². The molecule has 0 unspecified atom stereocenters. The van der Waals surface area contributed by atoms with Crippen molar-refractivity contribution in [2.45, 2.75) is 6.92 Å². The Bertz CT molecular complexity index is 1080. The highest BCUT2D eigenvalue weighted by Gasteiger charge is 2.17. The van der Waals surface area contributed by atoms with Gasteiger partial charge in [-0.2, -0.15) is 0 Å². The summed E-state index contributed by atoms with van der Waals surface area (Å²) in [7, 11) is 1.32. The van der Waals surface area contributed by atoms with E-state index in [2.05, 4.69) is 16.0 Å². The van der Waals surface area contributed by atoms with Crippen LogP contribution in [0.25, 0.3) is 10.1 Å². The van der Waals surface area contributed by atoms with Gasteiger partial charge in [0.15, 0.2) is 5.11 Å². The number of benzene rings is 2. The molecule has 1 amide bonds. The minimum atomic E-state index is -0.461. The highest BCUT2D eigenvalue weighted by molar-refractivity contribution is 7.80. The molecule has 144 valence electrons. The highest BCUT2D eigenvalue weighted by Crippen LogP contribution is 2.37. The normalized spacial score (nSPS) is 10.4. The molecule has 0 saturated heterocycles. The number of thiocarbonyl (C=S) groups is 1. The van der Waals surface area contributed by atoms with E-state index in [1.807, 2.05) is 30.3 Å². The molecule has 3 N–H and O–H groups in total. The lowest BCUT2D eigenvalue weighted by Crippen LogP contribution is -2.19. The van der Waals surface area contributed by atoms with Gasteiger partial charge in [0.25, 0.3) is 0 Å². The number of halogens is 1. The molecular formula is C19H16ClN3O3S2. The molecule has 3 rings (SSSR count). The van der Waals surface area contributed by atoms with Gasteiger partial charge in [0.1, 0.15) is 4.88 Å². The number of anilines is 3. The van der Waals surface area contributed by atoms with Crippen molar-refractivity contribution in [2.75, 3.05) is 23.1 Å². The smallest absolute Gasteiger partial charge is 0.349 e. The van der Waals surface area contributed by atoms with Crippen LogP contribution in [0.4, 0.5) is 17.1 Å². The zero-order chi connectivity index (χ0) is 20.3. The fourth-order valence-electron chi connectivity index (χ4n) is 2.54. The summed E-state index contributed by atoms with van der Waals surface area (Å²) in [5.41, 5.74) is 2.15. The van der Waals surface area contributed by atoms with Crippen molar-refractivity contribution < 1.29 is 14.3 Å². The van der Waals surface area contributed by atoms with Gasteiger partial charge in [-0.05, 0) is 48.6 Å². The average molecular weight is 434 g/mol. The first kappa shape index (κ1) is 20.1. The second-order valence-corrected chi connectivity index (χ2v) is 7.63. The third-order valence-corrected chi connectivity index (χ3v) is 5.54. The molecule has 0 atom stereocenters. The van der Waals surface area contributed by atoms with Gasteiger partial charge >= 0.3 is 5.97 Å². The van der Waals surface area contributed by atoms with Gasteiger partial charge < -0.3 is 20.7 Å². The zero-order valence-electron chi connectivity index (χ0n) is 15.0. The Hall–Kier alpha value is -2.68. The van der Waals surface area contributed by atoms with Crippen LogP contribution in [0.3, 0.4) is 0 Å². The molecule has 6 nitrogen and oxygen atoms in total. The maximum Gasteiger partial charge on any atom is 0.349 e.